The summed E-state index contributed by atoms with van der Waals surface area (Å²) in [5.41, 5.74) is -0.731. The fourth-order valence-corrected chi connectivity index (χ4v) is 2.92. The zero-order chi connectivity index (χ0) is 15.3. The summed E-state index contributed by atoms with van der Waals surface area (Å²) in [6, 6.07) is 6.59. The van der Waals surface area contributed by atoms with Gasteiger partial charge in [-0.25, -0.2) is 0 Å². The normalized spacial score (nSPS) is 18.1. The predicted molar refractivity (Wildman–Crippen MR) is 81.2 cm³/mol. The minimum absolute atomic E-state index is 0.110. The predicted octanol–water partition coefficient (Wildman–Crippen LogP) is 3.78. The standard InChI is InChI=1S/C16H19ClN2O2/c17-12-6-7-14(20)13(10-12)15(21)19-16(11-18)8-4-2-1-3-5-9-16/h6-7,10,20H,1-5,8-9H2,(H,19,21). The summed E-state index contributed by atoms with van der Waals surface area (Å²) in [6.45, 7) is 0. The van der Waals surface area contributed by atoms with Gasteiger partial charge >= 0.3 is 0 Å². The van der Waals surface area contributed by atoms with Crippen molar-refractivity contribution in [3.63, 3.8) is 0 Å². The molecule has 1 aliphatic rings. The van der Waals surface area contributed by atoms with Crippen LogP contribution in [0.1, 0.15) is 55.3 Å². The quantitative estimate of drug-likeness (QED) is 0.873. The van der Waals surface area contributed by atoms with E-state index in [0.29, 0.717) is 17.9 Å². The van der Waals surface area contributed by atoms with E-state index in [1.165, 1.54) is 24.6 Å². The first-order chi connectivity index (χ1) is 10.1. The molecular weight excluding hydrogens is 288 g/mol. The first-order valence-electron chi connectivity index (χ1n) is 7.29. The van der Waals surface area contributed by atoms with Crippen molar-refractivity contribution in [2.75, 3.05) is 0 Å². The van der Waals surface area contributed by atoms with Crippen LogP contribution in [0.5, 0.6) is 5.75 Å². The van der Waals surface area contributed by atoms with E-state index in [-0.39, 0.29) is 11.3 Å². The highest BCUT2D eigenvalue weighted by Gasteiger charge is 2.32. The van der Waals surface area contributed by atoms with Crippen LogP contribution in [0.15, 0.2) is 18.2 Å². The molecule has 1 fully saturated rings. The van der Waals surface area contributed by atoms with Crippen LogP contribution in [0.2, 0.25) is 5.02 Å². The summed E-state index contributed by atoms with van der Waals surface area (Å²) in [5.74, 6) is -0.576. The number of benzene rings is 1. The SMILES string of the molecule is N#CC1(NC(=O)c2cc(Cl)ccc2O)CCCCCCC1. The van der Waals surface area contributed by atoms with E-state index in [2.05, 4.69) is 11.4 Å². The molecule has 2 rings (SSSR count). The second kappa shape index (κ2) is 6.82. The monoisotopic (exact) mass is 306 g/mol. The number of nitrogens with one attached hydrogen (secondary N) is 1. The van der Waals surface area contributed by atoms with Crippen molar-refractivity contribution in [3.05, 3.63) is 28.8 Å². The van der Waals surface area contributed by atoms with Gasteiger partial charge in [0.15, 0.2) is 0 Å². The number of hydrogen-bond donors (Lipinski definition) is 2. The molecule has 0 aliphatic heterocycles. The maximum absolute atomic E-state index is 12.4. The molecule has 21 heavy (non-hydrogen) atoms. The van der Waals surface area contributed by atoms with Crippen LogP contribution in [-0.2, 0) is 0 Å². The van der Waals surface area contributed by atoms with E-state index >= 15 is 0 Å². The number of amides is 1. The van der Waals surface area contributed by atoms with Crippen molar-refractivity contribution in [3.8, 4) is 11.8 Å². The highest BCUT2D eigenvalue weighted by Crippen LogP contribution is 2.28. The molecule has 4 nitrogen and oxygen atoms in total. The zero-order valence-electron chi connectivity index (χ0n) is 11.9. The van der Waals surface area contributed by atoms with Gasteiger partial charge in [0.2, 0.25) is 0 Å². The van der Waals surface area contributed by atoms with Crippen molar-refractivity contribution < 1.29 is 9.90 Å². The molecule has 0 atom stereocenters. The van der Waals surface area contributed by atoms with E-state index in [4.69, 9.17) is 11.6 Å². The molecular formula is C16H19ClN2O2. The molecule has 0 bridgehead atoms. The van der Waals surface area contributed by atoms with Crippen molar-refractivity contribution in [2.45, 2.75) is 50.5 Å². The molecule has 1 aromatic rings. The van der Waals surface area contributed by atoms with Gasteiger partial charge in [-0.1, -0.05) is 43.7 Å². The summed E-state index contributed by atoms with van der Waals surface area (Å²) in [4.78, 5) is 12.4. The summed E-state index contributed by atoms with van der Waals surface area (Å²) < 4.78 is 0. The van der Waals surface area contributed by atoms with E-state index in [0.717, 1.165) is 25.7 Å². The second-order valence-corrected chi connectivity index (χ2v) is 6.01. The minimum atomic E-state index is -0.841. The van der Waals surface area contributed by atoms with Gasteiger partial charge in [-0.3, -0.25) is 4.79 Å². The smallest absolute Gasteiger partial charge is 0.256 e. The largest absolute Gasteiger partial charge is 0.507 e. The van der Waals surface area contributed by atoms with Crippen molar-refractivity contribution >= 4 is 17.5 Å². The average Bonchev–Trinajstić information content (AvgIpc) is 2.44. The van der Waals surface area contributed by atoms with E-state index in [1.54, 1.807) is 0 Å². The number of phenolic OH excluding ortho intramolecular Hbond substituents is 1. The van der Waals surface area contributed by atoms with E-state index in [9.17, 15) is 15.2 Å². The number of nitriles is 1. The lowest BCUT2D eigenvalue weighted by Crippen LogP contribution is -2.47. The van der Waals surface area contributed by atoms with Crippen LogP contribution in [0.4, 0.5) is 0 Å². The molecule has 0 radical (unpaired) electrons. The number of halogens is 1. The summed E-state index contributed by atoms with van der Waals surface area (Å²) in [5, 5.41) is 22.5. The molecule has 2 N–H and O–H groups in total. The lowest BCUT2D eigenvalue weighted by Gasteiger charge is -2.29. The van der Waals surface area contributed by atoms with Crippen LogP contribution in [0, 0.1) is 11.3 Å². The van der Waals surface area contributed by atoms with Gasteiger partial charge < -0.3 is 10.4 Å². The number of carbonyl (C=O) groups is 1. The molecule has 0 heterocycles. The van der Waals surface area contributed by atoms with E-state index in [1.807, 2.05) is 0 Å². The fourth-order valence-electron chi connectivity index (χ4n) is 2.75. The van der Waals surface area contributed by atoms with Gasteiger partial charge in [0.25, 0.3) is 5.91 Å². The molecule has 1 saturated carbocycles. The third-order valence-corrected chi connectivity index (χ3v) is 4.21. The maximum atomic E-state index is 12.4. The highest BCUT2D eigenvalue weighted by atomic mass is 35.5. The molecule has 0 unspecified atom stereocenters. The average molecular weight is 307 g/mol. The first-order valence-corrected chi connectivity index (χ1v) is 7.66. The van der Waals surface area contributed by atoms with Crippen LogP contribution < -0.4 is 5.32 Å². The summed E-state index contributed by atoms with van der Waals surface area (Å²) in [6.07, 6.45) is 6.51. The van der Waals surface area contributed by atoms with Crippen molar-refractivity contribution in [1.29, 1.82) is 5.26 Å². The molecule has 5 heteroatoms. The molecule has 1 aromatic carbocycles. The Kier molecular flexibility index (Phi) is 5.08. The molecule has 0 spiro atoms. The number of hydrogen-bond acceptors (Lipinski definition) is 3. The minimum Gasteiger partial charge on any atom is -0.507 e. The molecule has 112 valence electrons. The van der Waals surface area contributed by atoms with Crippen LogP contribution in [0.3, 0.4) is 0 Å². The third kappa shape index (κ3) is 3.89. The number of carbonyl (C=O) groups excluding carboxylic acids is 1. The van der Waals surface area contributed by atoms with Gasteiger partial charge in [0.1, 0.15) is 11.3 Å². The summed E-state index contributed by atoms with van der Waals surface area (Å²) >= 11 is 5.86. The molecule has 0 saturated heterocycles. The van der Waals surface area contributed by atoms with Gasteiger partial charge in [-0.2, -0.15) is 5.26 Å². The Hall–Kier alpha value is -1.73. The Labute approximate surface area is 129 Å². The maximum Gasteiger partial charge on any atom is 0.256 e. The zero-order valence-corrected chi connectivity index (χ0v) is 12.6. The number of phenols is 1. The Morgan fingerprint density at radius 2 is 1.86 bits per heavy atom. The number of aromatic hydroxyl groups is 1. The third-order valence-electron chi connectivity index (χ3n) is 3.98. The van der Waals surface area contributed by atoms with Gasteiger partial charge in [-0.15, -0.1) is 0 Å². The Morgan fingerprint density at radius 1 is 1.24 bits per heavy atom. The first kappa shape index (κ1) is 15.7. The number of rotatable bonds is 2. The Morgan fingerprint density at radius 3 is 2.48 bits per heavy atom. The fraction of sp³-hybridized carbons (Fsp3) is 0.500. The number of nitrogens with zero attached hydrogens (tertiary/aromatic N) is 1. The topological polar surface area (TPSA) is 73.1 Å². The van der Waals surface area contributed by atoms with Gasteiger partial charge in [-0.05, 0) is 31.0 Å². The van der Waals surface area contributed by atoms with Crippen LogP contribution in [-0.4, -0.2) is 16.6 Å². The van der Waals surface area contributed by atoms with Gasteiger partial charge in [0, 0.05) is 5.02 Å². The lowest BCUT2D eigenvalue weighted by atomic mass is 9.85. The van der Waals surface area contributed by atoms with Crippen LogP contribution in [0.25, 0.3) is 0 Å². The van der Waals surface area contributed by atoms with E-state index < -0.39 is 11.4 Å². The van der Waals surface area contributed by atoms with Crippen LogP contribution >= 0.6 is 11.6 Å². The second-order valence-electron chi connectivity index (χ2n) is 5.58. The highest BCUT2D eigenvalue weighted by molar-refractivity contribution is 6.31. The van der Waals surface area contributed by atoms with Crippen molar-refractivity contribution in [1.82, 2.24) is 5.32 Å². The van der Waals surface area contributed by atoms with Gasteiger partial charge in [0.05, 0.1) is 11.6 Å². The molecule has 1 amide bonds. The Balaban J connectivity index is 2.18. The lowest BCUT2D eigenvalue weighted by molar-refractivity contribution is 0.0905. The molecule has 1 aliphatic carbocycles. The van der Waals surface area contributed by atoms with Crippen molar-refractivity contribution in [2.24, 2.45) is 0 Å². The molecule has 0 aromatic heterocycles. The Bertz CT molecular complexity index is 558. The summed E-state index contributed by atoms with van der Waals surface area (Å²) in [7, 11) is 0.